The molecule has 0 bridgehead atoms. The average molecular weight is 347 g/mol. The molecule has 2 N–H and O–H groups in total. The highest BCUT2D eigenvalue weighted by molar-refractivity contribution is 5.77. The molecule has 10 nitrogen and oxygen atoms in total. The van der Waals surface area contributed by atoms with E-state index in [-0.39, 0.29) is 6.29 Å². The predicted octanol–water partition coefficient (Wildman–Crippen LogP) is -1.52. The number of rotatable bonds is 9. The van der Waals surface area contributed by atoms with Gasteiger partial charge in [-0.3, -0.25) is 19.2 Å². The molecule has 4 atom stereocenters. The van der Waals surface area contributed by atoms with Crippen LogP contribution < -0.4 is 5.32 Å². The van der Waals surface area contributed by atoms with Gasteiger partial charge in [0.05, 0.1) is 0 Å². The molecule has 0 unspecified atom stereocenters. The highest BCUT2D eigenvalue weighted by Gasteiger charge is 2.39. The normalized spacial score (nSPS) is 15.2. The molecule has 136 valence electrons. The molecule has 0 aliphatic heterocycles. The van der Waals surface area contributed by atoms with Crippen molar-refractivity contribution < 1.29 is 43.3 Å². The minimum absolute atomic E-state index is 0.235. The Bertz CT molecular complexity index is 491. The maximum Gasteiger partial charge on any atom is 0.303 e. The lowest BCUT2D eigenvalue weighted by Gasteiger charge is -2.31. The first-order valence-corrected chi connectivity index (χ1v) is 6.96. The summed E-state index contributed by atoms with van der Waals surface area (Å²) < 4.78 is 14.5. The van der Waals surface area contributed by atoms with Gasteiger partial charge in [-0.2, -0.15) is 0 Å². The number of aliphatic hydroxyl groups excluding tert-OH is 1. The maximum absolute atomic E-state index is 11.3. The number of carbonyl (C=O) groups excluding carboxylic acids is 5. The molecule has 1 amide bonds. The number of hydrogen-bond acceptors (Lipinski definition) is 9. The first-order chi connectivity index (χ1) is 11.1. The Morgan fingerprint density at radius 1 is 1.00 bits per heavy atom. The molecule has 0 aromatic carbocycles. The topological polar surface area (TPSA) is 145 Å². The molecule has 10 heteroatoms. The first-order valence-electron chi connectivity index (χ1n) is 6.96. The van der Waals surface area contributed by atoms with Crippen molar-refractivity contribution in [1.82, 2.24) is 5.32 Å². The van der Waals surface area contributed by atoms with Crippen molar-refractivity contribution in [3.8, 4) is 0 Å². The Labute approximate surface area is 138 Å². The molecule has 0 aliphatic carbocycles. The van der Waals surface area contributed by atoms with Crippen molar-refractivity contribution >= 4 is 30.1 Å². The average Bonchev–Trinajstić information content (AvgIpc) is 2.45. The number of amides is 1. The van der Waals surface area contributed by atoms with Gasteiger partial charge in [-0.1, -0.05) is 0 Å². The number of nitrogens with one attached hydrogen (secondary N) is 1. The SMILES string of the molecule is CC(=O)N[C@@H](C=O)[C@@H](O)[C@H](OC(C)=O)[C@@H](COC(C)=O)OC(C)=O. The first kappa shape index (κ1) is 21.5. The highest BCUT2D eigenvalue weighted by Crippen LogP contribution is 2.14. The van der Waals surface area contributed by atoms with E-state index in [9.17, 15) is 29.1 Å². The maximum atomic E-state index is 11.3. The molecule has 0 spiro atoms. The minimum Gasteiger partial charge on any atom is -0.462 e. The second kappa shape index (κ2) is 10.3. The van der Waals surface area contributed by atoms with E-state index in [1.165, 1.54) is 0 Å². The van der Waals surface area contributed by atoms with Gasteiger partial charge in [0.2, 0.25) is 5.91 Å². The van der Waals surface area contributed by atoms with Crippen molar-refractivity contribution in [3.05, 3.63) is 0 Å². The van der Waals surface area contributed by atoms with E-state index in [1.807, 2.05) is 0 Å². The van der Waals surface area contributed by atoms with Crippen LogP contribution in [0.4, 0.5) is 0 Å². The van der Waals surface area contributed by atoms with Crippen LogP contribution in [0.15, 0.2) is 0 Å². The Hall–Kier alpha value is -2.49. The van der Waals surface area contributed by atoms with Gasteiger partial charge in [-0.25, -0.2) is 0 Å². The standard InChI is InChI=1S/C14H21NO9/c1-7(17)15-11(5-16)13(21)14(24-10(4)20)12(23-9(3)19)6-22-8(2)18/h5,11-14,21H,6H2,1-4H3,(H,15,17)/t11-,12+,13+,14+/m0/s1. The van der Waals surface area contributed by atoms with Crippen LogP contribution in [0.5, 0.6) is 0 Å². The fourth-order valence-electron chi connectivity index (χ4n) is 1.80. The molecule has 24 heavy (non-hydrogen) atoms. The van der Waals surface area contributed by atoms with Gasteiger partial charge < -0.3 is 29.4 Å². The van der Waals surface area contributed by atoms with Gasteiger partial charge in [-0.15, -0.1) is 0 Å². The van der Waals surface area contributed by atoms with Crippen molar-refractivity contribution in [1.29, 1.82) is 0 Å². The largest absolute Gasteiger partial charge is 0.462 e. The molecule has 0 aromatic rings. The van der Waals surface area contributed by atoms with Crippen molar-refractivity contribution in [2.45, 2.75) is 52.0 Å². The van der Waals surface area contributed by atoms with Crippen LogP contribution in [0.25, 0.3) is 0 Å². The zero-order valence-corrected chi connectivity index (χ0v) is 13.8. The molecule has 0 rings (SSSR count). The van der Waals surface area contributed by atoms with Crippen LogP contribution in [0.1, 0.15) is 27.7 Å². The summed E-state index contributed by atoms with van der Waals surface area (Å²) >= 11 is 0. The summed E-state index contributed by atoms with van der Waals surface area (Å²) in [6.07, 6.45) is -4.43. The number of carbonyl (C=O) groups is 5. The molecule has 0 heterocycles. The molecule has 0 saturated carbocycles. The molecule has 0 radical (unpaired) electrons. The number of aldehydes is 1. The van der Waals surface area contributed by atoms with E-state index in [0.29, 0.717) is 0 Å². The van der Waals surface area contributed by atoms with Crippen LogP contribution in [0, 0.1) is 0 Å². The summed E-state index contributed by atoms with van der Waals surface area (Å²) in [5, 5.41) is 12.4. The zero-order valence-electron chi connectivity index (χ0n) is 13.8. The smallest absolute Gasteiger partial charge is 0.303 e. The molecule has 0 aromatic heterocycles. The Kier molecular flexibility index (Phi) is 9.25. The van der Waals surface area contributed by atoms with E-state index >= 15 is 0 Å². The van der Waals surface area contributed by atoms with E-state index in [4.69, 9.17) is 14.2 Å². The zero-order chi connectivity index (χ0) is 18.9. The number of ether oxygens (including phenoxy) is 3. The van der Waals surface area contributed by atoms with E-state index in [1.54, 1.807) is 0 Å². The van der Waals surface area contributed by atoms with Crippen LogP contribution in [0.3, 0.4) is 0 Å². The van der Waals surface area contributed by atoms with E-state index in [2.05, 4.69) is 5.32 Å². The highest BCUT2D eigenvalue weighted by atomic mass is 16.6. The summed E-state index contributed by atoms with van der Waals surface area (Å²) in [6.45, 7) is 3.79. The molecule has 0 aliphatic rings. The van der Waals surface area contributed by atoms with Gasteiger partial charge in [0.15, 0.2) is 12.2 Å². The van der Waals surface area contributed by atoms with Gasteiger partial charge in [-0.05, 0) is 0 Å². The van der Waals surface area contributed by atoms with Gasteiger partial charge >= 0.3 is 17.9 Å². The Balaban J connectivity index is 5.48. The third-order valence-electron chi connectivity index (χ3n) is 2.66. The van der Waals surface area contributed by atoms with Crippen molar-refractivity contribution in [2.75, 3.05) is 6.61 Å². The second-order valence-electron chi connectivity index (χ2n) is 4.88. The summed E-state index contributed by atoms with van der Waals surface area (Å²) in [4.78, 5) is 55.6. The second-order valence-corrected chi connectivity index (χ2v) is 4.88. The van der Waals surface area contributed by atoms with Gasteiger partial charge in [0.25, 0.3) is 0 Å². The minimum atomic E-state index is -1.74. The van der Waals surface area contributed by atoms with Crippen LogP contribution in [-0.2, 0) is 38.2 Å². The summed E-state index contributed by atoms with van der Waals surface area (Å²) in [6, 6.07) is -1.43. The molecule has 0 saturated heterocycles. The Morgan fingerprint density at radius 3 is 1.92 bits per heavy atom. The fraction of sp³-hybridized carbons (Fsp3) is 0.643. The van der Waals surface area contributed by atoms with Crippen molar-refractivity contribution in [2.24, 2.45) is 0 Å². The number of hydrogen-bond donors (Lipinski definition) is 2. The van der Waals surface area contributed by atoms with Crippen LogP contribution in [0.2, 0.25) is 0 Å². The third-order valence-corrected chi connectivity index (χ3v) is 2.66. The molecular weight excluding hydrogens is 326 g/mol. The lowest BCUT2D eigenvalue weighted by molar-refractivity contribution is -0.184. The van der Waals surface area contributed by atoms with Crippen molar-refractivity contribution in [3.63, 3.8) is 0 Å². The number of esters is 3. The summed E-state index contributed by atoms with van der Waals surface area (Å²) in [5.41, 5.74) is 0. The van der Waals surface area contributed by atoms with Crippen LogP contribution >= 0.6 is 0 Å². The third kappa shape index (κ3) is 8.22. The van der Waals surface area contributed by atoms with Gasteiger partial charge in [0, 0.05) is 27.7 Å². The Morgan fingerprint density at radius 2 is 1.54 bits per heavy atom. The summed E-state index contributed by atoms with van der Waals surface area (Å²) in [5.74, 6) is -2.95. The van der Waals surface area contributed by atoms with Crippen LogP contribution in [-0.4, -0.2) is 66.2 Å². The van der Waals surface area contributed by atoms with E-state index < -0.39 is 54.8 Å². The predicted molar refractivity (Wildman–Crippen MR) is 77.4 cm³/mol. The summed E-state index contributed by atoms with van der Waals surface area (Å²) in [7, 11) is 0. The molecular formula is C14H21NO9. The molecule has 0 fully saturated rings. The monoisotopic (exact) mass is 347 g/mol. The number of aliphatic hydroxyl groups is 1. The quantitative estimate of drug-likeness (QED) is 0.288. The van der Waals surface area contributed by atoms with E-state index in [0.717, 1.165) is 27.7 Å². The lowest BCUT2D eigenvalue weighted by atomic mass is 10.0. The fourth-order valence-corrected chi connectivity index (χ4v) is 1.80. The lowest BCUT2D eigenvalue weighted by Crippen LogP contribution is -2.55. The van der Waals surface area contributed by atoms with Gasteiger partial charge in [0.1, 0.15) is 25.0 Å².